The monoisotopic (exact) mass is 320 g/mol. The van der Waals surface area contributed by atoms with Gasteiger partial charge >= 0.3 is 0 Å². The summed E-state index contributed by atoms with van der Waals surface area (Å²) in [5.41, 5.74) is 4.18. The van der Waals surface area contributed by atoms with Gasteiger partial charge in [-0.15, -0.1) is 0 Å². The molecule has 0 unspecified atom stereocenters. The van der Waals surface area contributed by atoms with Gasteiger partial charge < -0.3 is 0 Å². The zero-order chi connectivity index (χ0) is 12.5. The predicted octanol–water partition coefficient (Wildman–Crippen LogP) is 4.57. The second kappa shape index (κ2) is 4.75. The Balaban J connectivity index is 2.17. The van der Waals surface area contributed by atoms with E-state index >= 15 is 0 Å². The Morgan fingerprint density at radius 3 is 2.78 bits per heavy atom. The van der Waals surface area contributed by atoms with E-state index in [-0.39, 0.29) is 0 Å². The minimum Gasteiger partial charge on any atom is -0.299 e. The largest absolute Gasteiger partial charge is 0.299 e. The topological polar surface area (TPSA) is 17.8 Å². The fourth-order valence-electron chi connectivity index (χ4n) is 1.96. The van der Waals surface area contributed by atoms with E-state index in [0.29, 0.717) is 0 Å². The van der Waals surface area contributed by atoms with Crippen molar-refractivity contribution in [3.63, 3.8) is 0 Å². The quantitative estimate of drug-likeness (QED) is 0.632. The van der Waals surface area contributed by atoms with Gasteiger partial charge in [-0.3, -0.25) is 4.57 Å². The molecule has 0 bridgehead atoms. The normalized spacial score (nSPS) is 11.0. The number of nitrogens with zero attached hydrogens (tertiary/aromatic N) is 2. The van der Waals surface area contributed by atoms with Gasteiger partial charge in [0, 0.05) is 16.0 Å². The Morgan fingerprint density at radius 2 is 2.00 bits per heavy atom. The number of halogens is 2. The third-order valence-electron chi connectivity index (χ3n) is 2.91. The Hall–Kier alpha value is -1.32. The van der Waals surface area contributed by atoms with Gasteiger partial charge in [-0.2, -0.15) is 0 Å². The lowest BCUT2D eigenvalue weighted by molar-refractivity contribution is 1.09. The highest BCUT2D eigenvalue weighted by atomic mass is 79.9. The highest BCUT2D eigenvalue weighted by molar-refractivity contribution is 9.08. The summed E-state index contributed by atoms with van der Waals surface area (Å²) in [5.74, 6) is 0. The van der Waals surface area contributed by atoms with Crippen molar-refractivity contribution < 1.29 is 0 Å². The van der Waals surface area contributed by atoms with E-state index < -0.39 is 0 Å². The van der Waals surface area contributed by atoms with Gasteiger partial charge in [0.25, 0.3) is 0 Å². The summed E-state index contributed by atoms with van der Waals surface area (Å²) < 4.78 is 2.04. The molecule has 0 saturated heterocycles. The molecule has 0 amide bonds. The van der Waals surface area contributed by atoms with E-state index in [9.17, 15) is 0 Å². The fourth-order valence-corrected chi connectivity index (χ4v) is 2.85. The van der Waals surface area contributed by atoms with E-state index in [1.165, 1.54) is 0 Å². The molecule has 0 aliphatic carbocycles. The molecule has 3 aromatic rings. The summed E-state index contributed by atoms with van der Waals surface area (Å²) in [6.45, 7) is 0. The van der Waals surface area contributed by atoms with Crippen molar-refractivity contribution in [3.8, 4) is 5.69 Å². The predicted molar refractivity (Wildman–Crippen MR) is 78.7 cm³/mol. The molecule has 4 heteroatoms. The van der Waals surface area contributed by atoms with Gasteiger partial charge in [-0.05, 0) is 29.8 Å². The molecule has 90 valence electrons. The summed E-state index contributed by atoms with van der Waals surface area (Å²) >= 11 is 9.65. The zero-order valence-electron chi connectivity index (χ0n) is 9.48. The maximum atomic E-state index is 6.23. The molecule has 0 fully saturated rings. The summed E-state index contributed by atoms with van der Waals surface area (Å²) in [4.78, 5) is 4.38. The standard InChI is InChI=1S/C14H10BrClN2/c15-8-10-5-6-11(7-12(10)16)18-9-17-13-3-1-2-4-14(13)18/h1-7,9H,8H2. The minimum absolute atomic E-state index is 0.761. The lowest BCUT2D eigenvalue weighted by atomic mass is 10.2. The van der Waals surface area contributed by atoms with Crippen molar-refractivity contribution in [3.05, 3.63) is 59.4 Å². The summed E-state index contributed by atoms with van der Waals surface area (Å²) in [7, 11) is 0. The molecule has 0 saturated carbocycles. The smallest absolute Gasteiger partial charge is 0.100 e. The van der Waals surface area contributed by atoms with Crippen LogP contribution in [0, 0.1) is 0 Å². The Bertz CT molecular complexity index is 706. The van der Waals surface area contributed by atoms with E-state index in [0.717, 1.165) is 32.6 Å². The van der Waals surface area contributed by atoms with Crippen molar-refractivity contribution in [1.82, 2.24) is 9.55 Å². The van der Waals surface area contributed by atoms with Crippen LogP contribution in [0.2, 0.25) is 5.02 Å². The molecule has 0 aliphatic heterocycles. The average Bonchev–Trinajstić information content (AvgIpc) is 2.82. The molecule has 0 atom stereocenters. The maximum absolute atomic E-state index is 6.23. The van der Waals surface area contributed by atoms with Crippen LogP contribution in [0.25, 0.3) is 16.7 Å². The van der Waals surface area contributed by atoms with Crippen molar-refractivity contribution in [2.24, 2.45) is 0 Å². The van der Waals surface area contributed by atoms with Crippen LogP contribution in [0.1, 0.15) is 5.56 Å². The van der Waals surface area contributed by atoms with E-state index in [4.69, 9.17) is 11.6 Å². The summed E-state index contributed by atoms with van der Waals surface area (Å²) in [6, 6.07) is 14.1. The van der Waals surface area contributed by atoms with Crippen LogP contribution in [-0.2, 0) is 5.33 Å². The third-order valence-corrected chi connectivity index (χ3v) is 3.87. The Kier molecular flexibility index (Phi) is 3.10. The number of fused-ring (bicyclic) bond motifs is 1. The van der Waals surface area contributed by atoms with Crippen LogP contribution in [-0.4, -0.2) is 9.55 Å². The fraction of sp³-hybridized carbons (Fsp3) is 0.0714. The Labute approximate surface area is 118 Å². The SMILES string of the molecule is Clc1cc(-n2cnc3ccccc32)ccc1CBr. The number of alkyl halides is 1. The molecule has 1 aromatic heterocycles. The molecule has 3 rings (SSSR count). The second-order valence-electron chi connectivity index (χ2n) is 4.01. The molecule has 0 radical (unpaired) electrons. The number of aromatic nitrogens is 2. The molecule has 0 N–H and O–H groups in total. The number of imidazole rings is 1. The first-order valence-corrected chi connectivity index (χ1v) is 7.06. The van der Waals surface area contributed by atoms with Crippen LogP contribution < -0.4 is 0 Å². The molecule has 2 aromatic carbocycles. The minimum atomic E-state index is 0.761. The number of hydrogen-bond acceptors (Lipinski definition) is 1. The molecule has 2 nitrogen and oxygen atoms in total. The van der Waals surface area contributed by atoms with Crippen LogP contribution in [0.5, 0.6) is 0 Å². The second-order valence-corrected chi connectivity index (χ2v) is 4.98. The number of benzene rings is 2. The lowest BCUT2D eigenvalue weighted by Gasteiger charge is -2.07. The summed E-state index contributed by atoms with van der Waals surface area (Å²) in [5, 5.41) is 1.53. The third kappa shape index (κ3) is 1.93. The van der Waals surface area contributed by atoms with Crippen molar-refractivity contribution in [2.75, 3.05) is 0 Å². The van der Waals surface area contributed by atoms with Gasteiger partial charge in [0.1, 0.15) is 6.33 Å². The maximum Gasteiger partial charge on any atom is 0.100 e. The first kappa shape index (κ1) is 11.8. The zero-order valence-corrected chi connectivity index (χ0v) is 11.8. The van der Waals surface area contributed by atoms with Gasteiger partial charge in [0.15, 0.2) is 0 Å². The Morgan fingerprint density at radius 1 is 1.17 bits per heavy atom. The van der Waals surface area contributed by atoms with Gasteiger partial charge in [-0.1, -0.05) is 45.7 Å². The molecule has 0 spiro atoms. The first-order chi connectivity index (χ1) is 8.79. The number of hydrogen-bond donors (Lipinski definition) is 0. The van der Waals surface area contributed by atoms with Crippen molar-refractivity contribution >= 4 is 38.6 Å². The van der Waals surface area contributed by atoms with Crippen LogP contribution in [0.3, 0.4) is 0 Å². The molecule has 18 heavy (non-hydrogen) atoms. The van der Waals surface area contributed by atoms with Crippen LogP contribution in [0.15, 0.2) is 48.8 Å². The number of rotatable bonds is 2. The van der Waals surface area contributed by atoms with E-state index in [1.807, 2.05) is 41.2 Å². The highest BCUT2D eigenvalue weighted by Crippen LogP contribution is 2.24. The van der Waals surface area contributed by atoms with Crippen LogP contribution >= 0.6 is 27.5 Å². The van der Waals surface area contributed by atoms with Gasteiger partial charge in [0.05, 0.1) is 11.0 Å². The van der Waals surface area contributed by atoms with E-state index in [1.54, 1.807) is 0 Å². The average molecular weight is 322 g/mol. The highest BCUT2D eigenvalue weighted by Gasteiger charge is 2.06. The van der Waals surface area contributed by atoms with Crippen LogP contribution in [0.4, 0.5) is 0 Å². The van der Waals surface area contributed by atoms with Crippen molar-refractivity contribution in [2.45, 2.75) is 5.33 Å². The number of para-hydroxylation sites is 2. The molecule has 0 aliphatic rings. The van der Waals surface area contributed by atoms with Gasteiger partial charge in [0.2, 0.25) is 0 Å². The lowest BCUT2D eigenvalue weighted by Crippen LogP contribution is -1.92. The molecular formula is C14H10BrClN2. The molecule has 1 heterocycles. The summed E-state index contributed by atoms with van der Waals surface area (Å²) in [6.07, 6.45) is 1.82. The van der Waals surface area contributed by atoms with Crippen molar-refractivity contribution in [1.29, 1.82) is 0 Å². The van der Waals surface area contributed by atoms with Gasteiger partial charge in [-0.25, -0.2) is 4.98 Å². The molecular weight excluding hydrogens is 312 g/mol. The first-order valence-electron chi connectivity index (χ1n) is 5.56. The van der Waals surface area contributed by atoms with E-state index in [2.05, 4.69) is 33.0 Å².